The fourth-order valence-electron chi connectivity index (χ4n) is 1.88. The average Bonchev–Trinajstić information content (AvgIpc) is 2.29. The molecule has 4 nitrogen and oxygen atoms in total. The highest BCUT2D eigenvalue weighted by Gasteiger charge is 2.09. The van der Waals surface area contributed by atoms with Crippen LogP contribution in [-0.4, -0.2) is 26.2 Å². The van der Waals surface area contributed by atoms with E-state index in [1.54, 1.807) is 0 Å². The second-order valence-corrected chi connectivity index (χ2v) is 3.88. The molecule has 0 fully saturated rings. The molecule has 0 radical (unpaired) electrons. The first-order valence-electron chi connectivity index (χ1n) is 5.45. The maximum Gasteiger partial charge on any atom is 0.250 e. The van der Waals surface area contributed by atoms with Gasteiger partial charge >= 0.3 is 0 Å². The maximum absolute atomic E-state index is 11.3. The molecule has 1 aromatic rings. The van der Waals surface area contributed by atoms with E-state index in [1.807, 2.05) is 18.2 Å². The van der Waals surface area contributed by atoms with E-state index in [2.05, 4.69) is 10.6 Å². The van der Waals surface area contributed by atoms with Crippen molar-refractivity contribution in [2.75, 3.05) is 30.9 Å². The third-order valence-electron chi connectivity index (χ3n) is 2.60. The zero-order valence-corrected chi connectivity index (χ0v) is 9.38. The molecule has 0 aliphatic carbocycles. The van der Waals surface area contributed by atoms with Crippen molar-refractivity contribution in [2.45, 2.75) is 12.8 Å². The average molecular weight is 220 g/mol. The maximum atomic E-state index is 11.3. The Kier molecular flexibility index (Phi) is 3.41. The third-order valence-corrected chi connectivity index (χ3v) is 2.60. The number of carbonyl (C=O) groups excluding carboxylic acids is 1. The molecular weight excluding hydrogens is 204 g/mol. The molecule has 16 heavy (non-hydrogen) atoms. The number of carbonyl (C=O) groups is 1. The number of ether oxygens (including phenoxy) is 1. The zero-order valence-electron chi connectivity index (χ0n) is 9.38. The fourth-order valence-corrected chi connectivity index (χ4v) is 1.88. The van der Waals surface area contributed by atoms with Crippen molar-refractivity contribution in [3.8, 4) is 0 Å². The van der Waals surface area contributed by atoms with Crippen LogP contribution in [0.5, 0.6) is 0 Å². The summed E-state index contributed by atoms with van der Waals surface area (Å²) < 4.78 is 4.76. The molecule has 0 saturated carbocycles. The largest absolute Gasteiger partial charge is 0.385 e. The molecule has 4 heteroatoms. The summed E-state index contributed by atoms with van der Waals surface area (Å²) in [5.41, 5.74) is 3.28. The topological polar surface area (TPSA) is 50.4 Å². The molecule has 1 amide bonds. The Labute approximate surface area is 95.0 Å². The van der Waals surface area contributed by atoms with Crippen LogP contribution in [0.1, 0.15) is 12.0 Å². The van der Waals surface area contributed by atoms with Gasteiger partial charge in [0.05, 0.1) is 0 Å². The van der Waals surface area contributed by atoms with Crippen LogP contribution < -0.4 is 10.6 Å². The van der Waals surface area contributed by atoms with Gasteiger partial charge in [-0.25, -0.2) is 0 Å². The Morgan fingerprint density at radius 1 is 1.56 bits per heavy atom. The van der Waals surface area contributed by atoms with Crippen molar-refractivity contribution < 1.29 is 9.53 Å². The van der Waals surface area contributed by atoms with Crippen LogP contribution in [0.4, 0.5) is 11.4 Å². The first-order valence-corrected chi connectivity index (χ1v) is 5.45. The van der Waals surface area contributed by atoms with E-state index in [1.165, 1.54) is 18.4 Å². The number of rotatable bonds is 3. The lowest BCUT2D eigenvalue weighted by atomic mass is 10.0. The van der Waals surface area contributed by atoms with Crippen molar-refractivity contribution in [3.05, 3.63) is 23.8 Å². The van der Waals surface area contributed by atoms with Gasteiger partial charge in [0.15, 0.2) is 0 Å². The van der Waals surface area contributed by atoms with Gasteiger partial charge in [0, 0.05) is 25.0 Å². The molecule has 86 valence electrons. The van der Waals surface area contributed by atoms with E-state index >= 15 is 0 Å². The number of nitrogens with one attached hydrogen (secondary N) is 2. The van der Waals surface area contributed by atoms with Gasteiger partial charge < -0.3 is 15.4 Å². The Morgan fingerprint density at radius 3 is 3.25 bits per heavy atom. The predicted molar refractivity (Wildman–Crippen MR) is 63.8 cm³/mol. The van der Waals surface area contributed by atoms with E-state index in [-0.39, 0.29) is 12.5 Å². The second-order valence-electron chi connectivity index (χ2n) is 3.88. The minimum atomic E-state index is -0.119. The van der Waals surface area contributed by atoms with Gasteiger partial charge in [0.25, 0.3) is 0 Å². The smallest absolute Gasteiger partial charge is 0.250 e. The van der Waals surface area contributed by atoms with E-state index in [4.69, 9.17) is 4.74 Å². The van der Waals surface area contributed by atoms with Crippen LogP contribution in [-0.2, 0) is 16.0 Å². The minimum Gasteiger partial charge on any atom is -0.385 e. The summed E-state index contributed by atoms with van der Waals surface area (Å²) in [5, 5.41) is 6.13. The number of benzene rings is 1. The molecule has 0 bridgehead atoms. The standard InChI is InChI=1S/C12H16N2O2/c1-16-8-12(15)14-10-4-5-11-9(7-10)3-2-6-13-11/h4-5,7,13H,2-3,6,8H2,1H3,(H,14,15). The quantitative estimate of drug-likeness (QED) is 0.814. The zero-order chi connectivity index (χ0) is 11.4. The molecule has 1 aliphatic heterocycles. The van der Waals surface area contributed by atoms with Gasteiger partial charge in [-0.3, -0.25) is 4.79 Å². The molecule has 0 aromatic heterocycles. The number of methoxy groups -OCH3 is 1. The van der Waals surface area contributed by atoms with Gasteiger partial charge in [-0.05, 0) is 36.6 Å². The molecule has 0 unspecified atom stereocenters. The number of fused-ring (bicyclic) bond motifs is 1. The van der Waals surface area contributed by atoms with Gasteiger partial charge in [-0.15, -0.1) is 0 Å². The summed E-state index contributed by atoms with van der Waals surface area (Å²) in [6.45, 7) is 1.12. The first kappa shape index (κ1) is 11.0. The van der Waals surface area contributed by atoms with Gasteiger partial charge in [0.1, 0.15) is 6.61 Å². The summed E-state index contributed by atoms with van der Waals surface area (Å²) >= 11 is 0. The lowest BCUT2D eigenvalue weighted by Crippen LogP contribution is -2.18. The molecule has 0 saturated heterocycles. The van der Waals surface area contributed by atoms with Crippen LogP contribution in [0.3, 0.4) is 0 Å². The molecule has 0 spiro atoms. The minimum absolute atomic E-state index is 0.0926. The summed E-state index contributed by atoms with van der Waals surface area (Å²) in [6.07, 6.45) is 2.21. The highest BCUT2D eigenvalue weighted by molar-refractivity contribution is 5.92. The van der Waals surface area contributed by atoms with Crippen molar-refractivity contribution in [3.63, 3.8) is 0 Å². The summed E-state index contributed by atoms with van der Waals surface area (Å²) in [6, 6.07) is 5.94. The second kappa shape index (κ2) is 4.99. The van der Waals surface area contributed by atoms with Crippen molar-refractivity contribution in [1.82, 2.24) is 0 Å². The first-order chi connectivity index (χ1) is 7.79. The van der Waals surface area contributed by atoms with Gasteiger partial charge in [-0.2, -0.15) is 0 Å². The third kappa shape index (κ3) is 2.52. The van der Waals surface area contributed by atoms with E-state index < -0.39 is 0 Å². The molecule has 1 aliphatic rings. The van der Waals surface area contributed by atoms with E-state index in [0.29, 0.717) is 0 Å². The lowest BCUT2D eigenvalue weighted by Gasteiger charge is -2.18. The highest BCUT2D eigenvalue weighted by atomic mass is 16.5. The van der Waals surface area contributed by atoms with Crippen LogP contribution in [0.2, 0.25) is 0 Å². The van der Waals surface area contributed by atoms with Crippen molar-refractivity contribution in [2.24, 2.45) is 0 Å². The van der Waals surface area contributed by atoms with Gasteiger partial charge in [0.2, 0.25) is 5.91 Å². The number of anilines is 2. The van der Waals surface area contributed by atoms with Crippen molar-refractivity contribution >= 4 is 17.3 Å². The molecule has 1 aromatic carbocycles. The molecule has 2 rings (SSSR count). The predicted octanol–water partition coefficient (Wildman–Crippen LogP) is 1.63. The summed E-state index contributed by atoms with van der Waals surface area (Å²) in [5.74, 6) is -0.119. The van der Waals surface area contributed by atoms with Crippen LogP contribution in [0.25, 0.3) is 0 Å². The number of hydrogen-bond donors (Lipinski definition) is 2. The van der Waals surface area contributed by atoms with Crippen LogP contribution in [0.15, 0.2) is 18.2 Å². The summed E-state index contributed by atoms with van der Waals surface area (Å²) in [7, 11) is 1.51. The number of hydrogen-bond acceptors (Lipinski definition) is 3. The number of amides is 1. The van der Waals surface area contributed by atoms with Crippen molar-refractivity contribution in [1.29, 1.82) is 0 Å². The van der Waals surface area contributed by atoms with Crippen LogP contribution in [0, 0.1) is 0 Å². The SMILES string of the molecule is COCC(=O)Nc1ccc2c(c1)CCCN2. The Hall–Kier alpha value is -1.55. The molecular formula is C12H16N2O2. The molecule has 2 N–H and O–H groups in total. The van der Waals surface area contributed by atoms with Crippen LogP contribution >= 0.6 is 0 Å². The summed E-state index contributed by atoms with van der Waals surface area (Å²) in [4.78, 5) is 11.3. The van der Waals surface area contributed by atoms with E-state index in [9.17, 15) is 4.79 Å². The Balaban J connectivity index is 2.08. The molecule has 0 atom stereocenters. The molecule has 1 heterocycles. The lowest BCUT2D eigenvalue weighted by molar-refractivity contribution is -0.119. The fraction of sp³-hybridized carbons (Fsp3) is 0.417. The Bertz CT molecular complexity index is 391. The number of aryl methyl sites for hydroxylation is 1. The van der Waals surface area contributed by atoms with Gasteiger partial charge in [-0.1, -0.05) is 0 Å². The highest BCUT2D eigenvalue weighted by Crippen LogP contribution is 2.24. The Morgan fingerprint density at radius 2 is 2.44 bits per heavy atom. The van der Waals surface area contributed by atoms with E-state index in [0.717, 1.165) is 25.1 Å². The monoisotopic (exact) mass is 220 g/mol. The normalized spacial score (nSPS) is 13.8.